The van der Waals surface area contributed by atoms with Gasteiger partial charge < -0.3 is 15.2 Å². The summed E-state index contributed by atoms with van der Waals surface area (Å²) in [5.74, 6) is 2.20. The van der Waals surface area contributed by atoms with Gasteiger partial charge in [0.1, 0.15) is 0 Å². The molecule has 0 amide bonds. The van der Waals surface area contributed by atoms with E-state index in [0.717, 1.165) is 31.9 Å². The number of hydrogen-bond acceptors (Lipinski definition) is 4. The zero-order valence-corrected chi connectivity index (χ0v) is 16.8. The van der Waals surface area contributed by atoms with E-state index in [1.165, 1.54) is 11.1 Å². The van der Waals surface area contributed by atoms with Crippen molar-refractivity contribution >= 4 is 29.9 Å². The van der Waals surface area contributed by atoms with Gasteiger partial charge in [0.25, 0.3) is 0 Å². The fraction of sp³-hybridized carbons (Fsp3) is 0.471. The van der Waals surface area contributed by atoms with E-state index in [1.807, 2.05) is 19.1 Å². The van der Waals surface area contributed by atoms with Crippen molar-refractivity contribution in [3.8, 4) is 0 Å². The van der Waals surface area contributed by atoms with Gasteiger partial charge in [0.2, 0.25) is 5.89 Å². The van der Waals surface area contributed by atoms with Crippen molar-refractivity contribution in [2.24, 2.45) is 4.99 Å². The molecule has 0 fully saturated rings. The molecule has 2 rings (SSSR count). The highest BCUT2D eigenvalue weighted by Gasteiger charge is 2.03. The summed E-state index contributed by atoms with van der Waals surface area (Å²) < 4.78 is 5.10. The quantitative estimate of drug-likeness (QED) is 0.298. The highest BCUT2D eigenvalue weighted by molar-refractivity contribution is 14.0. The second kappa shape index (κ2) is 11.0. The van der Waals surface area contributed by atoms with Crippen LogP contribution in [0.5, 0.6) is 0 Å². The number of hydrogen-bond donors (Lipinski definition) is 2. The van der Waals surface area contributed by atoms with Gasteiger partial charge in [-0.1, -0.05) is 29.4 Å². The summed E-state index contributed by atoms with van der Waals surface area (Å²) in [6.45, 7) is 8.31. The predicted molar refractivity (Wildman–Crippen MR) is 107 cm³/mol. The second-order valence-corrected chi connectivity index (χ2v) is 5.39. The summed E-state index contributed by atoms with van der Waals surface area (Å²) >= 11 is 0. The number of benzene rings is 1. The summed E-state index contributed by atoms with van der Waals surface area (Å²) in [5.41, 5.74) is 2.50. The summed E-state index contributed by atoms with van der Waals surface area (Å²) in [5, 5.41) is 10.4. The number of halogens is 1. The van der Waals surface area contributed by atoms with Crippen LogP contribution in [0.4, 0.5) is 0 Å². The fourth-order valence-corrected chi connectivity index (χ4v) is 2.18. The first kappa shape index (κ1) is 20.4. The molecule has 24 heavy (non-hydrogen) atoms. The van der Waals surface area contributed by atoms with E-state index in [4.69, 9.17) is 4.52 Å². The molecule has 0 saturated carbocycles. The van der Waals surface area contributed by atoms with Crippen LogP contribution in [0.15, 0.2) is 33.8 Å². The monoisotopic (exact) mass is 443 g/mol. The predicted octanol–water partition coefficient (Wildman–Crippen LogP) is 2.99. The molecule has 7 heteroatoms. The highest BCUT2D eigenvalue weighted by atomic mass is 127. The Morgan fingerprint density at radius 3 is 2.67 bits per heavy atom. The maximum atomic E-state index is 5.10. The van der Waals surface area contributed by atoms with Crippen LogP contribution in [0.2, 0.25) is 0 Å². The average molecular weight is 443 g/mol. The van der Waals surface area contributed by atoms with E-state index in [2.05, 4.69) is 51.7 Å². The Balaban J connectivity index is 0.00000288. The van der Waals surface area contributed by atoms with Crippen LogP contribution in [0.25, 0.3) is 0 Å². The van der Waals surface area contributed by atoms with Crippen molar-refractivity contribution in [3.63, 3.8) is 0 Å². The molecule has 0 atom stereocenters. The second-order valence-electron chi connectivity index (χ2n) is 5.39. The zero-order chi connectivity index (χ0) is 16.5. The van der Waals surface area contributed by atoms with E-state index in [-0.39, 0.29) is 24.0 Å². The van der Waals surface area contributed by atoms with E-state index in [0.29, 0.717) is 18.3 Å². The Morgan fingerprint density at radius 1 is 1.21 bits per heavy atom. The molecule has 2 aromatic rings. The molecule has 0 aliphatic heterocycles. The van der Waals surface area contributed by atoms with Gasteiger partial charge in [-0.05, 0) is 38.3 Å². The lowest BCUT2D eigenvalue weighted by Crippen LogP contribution is -2.37. The third kappa shape index (κ3) is 6.86. The number of aromatic nitrogens is 2. The molecule has 0 spiro atoms. The van der Waals surface area contributed by atoms with Crippen molar-refractivity contribution < 1.29 is 4.52 Å². The van der Waals surface area contributed by atoms with E-state index >= 15 is 0 Å². The Labute approximate surface area is 160 Å². The molecular formula is C17H26IN5O. The lowest BCUT2D eigenvalue weighted by atomic mass is 10.1. The topological polar surface area (TPSA) is 75.3 Å². The van der Waals surface area contributed by atoms with Crippen LogP contribution >= 0.6 is 24.0 Å². The van der Waals surface area contributed by atoms with Crippen molar-refractivity contribution in [2.45, 2.75) is 40.2 Å². The Morgan fingerprint density at radius 2 is 2.00 bits per heavy atom. The van der Waals surface area contributed by atoms with Crippen LogP contribution in [0.3, 0.4) is 0 Å². The smallest absolute Gasteiger partial charge is 0.226 e. The summed E-state index contributed by atoms with van der Waals surface area (Å²) in [6.07, 6.45) is 1.68. The van der Waals surface area contributed by atoms with Crippen LogP contribution in [0.1, 0.15) is 36.2 Å². The molecular weight excluding hydrogens is 417 g/mol. The molecule has 0 aliphatic carbocycles. The first-order valence-electron chi connectivity index (χ1n) is 8.05. The van der Waals surface area contributed by atoms with Gasteiger partial charge in [-0.2, -0.15) is 4.98 Å². The Hall–Kier alpha value is -1.64. The van der Waals surface area contributed by atoms with Crippen molar-refractivity contribution in [2.75, 3.05) is 13.1 Å². The largest absolute Gasteiger partial charge is 0.357 e. The van der Waals surface area contributed by atoms with Gasteiger partial charge in [0, 0.05) is 19.5 Å². The minimum absolute atomic E-state index is 0. The number of aryl methyl sites for hydroxylation is 3. The van der Waals surface area contributed by atoms with Gasteiger partial charge in [-0.25, -0.2) is 4.99 Å². The number of rotatable bonds is 7. The lowest BCUT2D eigenvalue weighted by Gasteiger charge is -2.11. The summed E-state index contributed by atoms with van der Waals surface area (Å²) in [4.78, 5) is 8.83. The molecule has 0 aliphatic rings. The molecule has 2 N–H and O–H groups in total. The minimum atomic E-state index is 0. The van der Waals surface area contributed by atoms with Gasteiger partial charge >= 0.3 is 0 Å². The van der Waals surface area contributed by atoms with E-state index < -0.39 is 0 Å². The third-order valence-corrected chi connectivity index (χ3v) is 3.44. The van der Waals surface area contributed by atoms with Crippen molar-refractivity contribution in [1.29, 1.82) is 0 Å². The van der Waals surface area contributed by atoms with E-state index in [1.54, 1.807) is 0 Å². The summed E-state index contributed by atoms with van der Waals surface area (Å²) in [7, 11) is 0. The molecule has 0 radical (unpaired) electrons. The highest BCUT2D eigenvalue weighted by Crippen LogP contribution is 2.07. The molecule has 0 unspecified atom stereocenters. The molecule has 0 saturated heterocycles. The number of guanidine groups is 1. The van der Waals surface area contributed by atoms with Crippen LogP contribution in [-0.4, -0.2) is 29.2 Å². The standard InChI is InChI=1S/C17H25N5O.HI/c1-4-18-17(20-12-15-9-6-5-8-13(15)2)19-11-7-10-16-21-14(3)22-23-16;/h5-6,8-9H,4,7,10-12H2,1-3H3,(H2,18,19,20);1H. The normalized spacial score (nSPS) is 11.0. The maximum Gasteiger partial charge on any atom is 0.226 e. The SMILES string of the molecule is CCNC(=NCc1ccccc1C)NCCCc1nc(C)no1.I. The first-order chi connectivity index (χ1) is 11.2. The molecule has 1 aromatic heterocycles. The van der Waals surface area contributed by atoms with Crippen LogP contribution < -0.4 is 10.6 Å². The Bertz CT molecular complexity index is 641. The van der Waals surface area contributed by atoms with Crippen LogP contribution in [0, 0.1) is 13.8 Å². The van der Waals surface area contributed by atoms with Crippen LogP contribution in [-0.2, 0) is 13.0 Å². The van der Waals surface area contributed by atoms with E-state index in [9.17, 15) is 0 Å². The van der Waals surface area contributed by atoms with Crippen molar-refractivity contribution in [3.05, 3.63) is 47.1 Å². The first-order valence-corrected chi connectivity index (χ1v) is 8.05. The third-order valence-electron chi connectivity index (χ3n) is 3.44. The molecule has 1 aromatic carbocycles. The maximum absolute atomic E-state index is 5.10. The minimum Gasteiger partial charge on any atom is -0.357 e. The lowest BCUT2D eigenvalue weighted by molar-refractivity contribution is 0.372. The van der Waals surface area contributed by atoms with Gasteiger partial charge in [0.15, 0.2) is 11.8 Å². The zero-order valence-electron chi connectivity index (χ0n) is 14.5. The van der Waals surface area contributed by atoms with Gasteiger partial charge in [-0.3, -0.25) is 0 Å². The van der Waals surface area contributed by atoms with Gasteiger partial charge in [0.05, 0.1) is 6.54 Å². The number of aliphatic imine (C=N–C) groups is 1. The molecule has 0 bridgehead atoms. The average Bonchev–Trinajstić information content (AvgIpc) is 2.96. The molecule has 1 heterocycles. The van der Waals surface area contributed by atoms with Gasteiger partial charge in [-0.15, -0.1) is 24.0 Å². The Kier molecular flexibility index (Phi) is 9.36. The van der Waals surface area contributed by atoms with Crippen molar-refractivity contribution in [1.82, 2.24) is 20.8 Å². The summed E-state index contributed by atoms with van der Waals surface area (Å²) in [6, 6.07) is 8.31. The fourth-order valence-electron chi connectivity index (χ4n) is 2.18. The number of nitrogens with zero attached hydrogens (tertiary/aromatic N) is 3. The molecule has 132 valence electrons. The number of nitrogens with one attached hydrogen (secondary N) is 2. The molecule has 6 nitrogen and oxygen atoms in total.